The molecule has 2 heterocycles. The lowest BCUT2D eigenvalue weighted by Crippen LogP contribution is -2.54. The largest absolute Gasteiger partial charge is 0.656 e. The van der Waals surface area contributed by atoms with Crippen LogP contribution in [-0.4, -0.2) is 20.2 Å². The van der Waals surface area contributed by atoms with Crippen LogP contribution in [0.5, 0.6) is 0 Å². The van der Waals surface area contributed by atoms with Gasteiger partial charge < -0.3 is 15.6 Å². The normalized spacial score (nSPS) is 10.9. The van der Waals surface area contributed by atoms with Crippen molar-refractivity contribution in [3.63, 3.8) is 0 Å². The molecule has 2 aromatic heterocycles. The van der Waals surface area contributed by atoms with Gasteiger partial charge in [0.25, 0.3) is 5.21 Å². The fourth-order valence-electron chi connectivity index (χ4n) is 1.03. The van der Waals surface area contributed by atoms with Crippen molar-refractivity contribution in [2.75, 3.05) is 0 Å². The first kappa shape index (κ1) is 8.34. The Kier molecular flexibility index (Phi) is 1.56. The molecule has 10 heteroatoms. The van der Waals surface area contributed by atoms with Crippen molar-refractivity contribution < 1.29 is 14.7 Å². The third kappa shape index (κ3) is 0.967. The maximum Gasteiger partial charge on any atom is 0.506 e. The van der Waals surface area contributed by atoms with E-state index < -0.39 is 5.65 Å². The Labute approximate surface area is 76.3 Å². The van der Waals surface area contributed by atoms with Crippen molar-refractivity contribution in [3.05, 3.63) is 15.6 Å². The number of nitrogens with zero attached hydrogens (tertiary/aromatic N) is 7. The Hall–Kier alpha value is -2.26. The van der Waals surface area contributed by atoms with E-state index in [1.165, 1.54) is 0 Å². The quantitative estimate of drug-likeness (QED) is 0.350. The van der Waals surface area contributed by atoms with Crippen molar-refractivity contribution in [1.29, 1.82) is 0 Å². The molecule has 0 aliphatic heterocycles. The minimum Gasteiger partial charge on any atom is -0.656 e. The number of aryl methyl sites for hydroxylation is 1. The zero-order valence-corrected chi connectivity index (χ0v) is 7.06. The van der Waals surface area contributed by atoms with Gasteiger partial charge in [-0.15, -0.1) is 0 Å². The Morgan fingerprint density at radius 3 is 2.71 bits per heavy atom. The molecule has 74 valence electrons. The first-order valence-electron chi connectivity index (χ1n) is 3.72. The summed E-state index contributed by atoms with van der Waals surface area (Å²) in [6, 6.07) is 0. The molecule has 0 radical (unpaired) electrons. The van der Waals surface area contributed by atoms with Crippen LogP contribution < -0.4 is 14.7 Å². The van der Waals surface area contributed by atoms with Crippen molar-refractivity contribution >= 4 is 11.3 Å². The summed E-state index contributed by atoms with van der Waals surface area (Å²) in [4.78, 5) is 0.889. The molecule has 0 unspecified atom stereocenters. The molecule has 0 bridgehead atoms. The standard InChI is InChI=1S/C4H5N7O3/c1-2-8-5-3-4(10(8)13)9(12)7-11(14)6-3/h2H2,1H3. The summed E-state index contributed by atoms with van der Waals surface area (Å²) < 4.78 is 0. The fraction of sp³-hybridized carbons (Fsp3) is 0.500. The topological polar surface area (TPSA) is 124 Å². The van der Waals surface area contributed by atoms with Gasteiger partial charge in [-0.25, -0.2) is 0 Å². The fourth-order valence-corrected chi connectivity index (χ4v) is 1.03. The van der Waals surface area contributed by atoms with Crippen molar-refractivity contribution in [2.45, 2.75) is 13.5 Å². The summed E-state index contributed by atoms with van der Waals surface area (Å²) >= 11 is 0. The SMILES string of the molecule is CCn1nc2n[n+]([O-])n[n+]([O-])c2[n+]1[O-]. The van der Waals surface area contributed by atoms with E-state index in [1.807, 2.05) is 0 Å². The van der Waals surface area contributed by atoms with Gasteiger partial charge in [0.15, 0.2) is 0 Å². The van der Waals surface area contributed by atoms with E-state index in [2.05, 4.69) is 15.4 Å². The number of fused-ring (bicyclic) bond motifs is 1. The van der Waals surface area contributed by atoms with Gasteiger partial charge in [0, 0.05) is 4.80 Å². The minimum atomic E-state index is -0.404. The van der Waals surface area contributed by atoms with Gasteiger partial charge in [-0.05, 0) is 11.8 Å². The number of hydrogen-bond acceptors (Lipinski definition) is 6. The number of aromatic nitrogens is 7. The zero-order chi connectivity index (χ0) is 10.3. The molecule has 0 spiro atoms. The highest BCUT2D eigenvalue weighted by Gasteiger charge is 2.30. The van der Waals surface area contributed by atoms with Crippen LogP contribution in [0.2, 0.25) is 0 Å². The maximum absolute atomic E-state index is 11.3. The zero-order valence-electron chi connectivity index (χ0n) is 7.06. The highest BCUT2D eigenvalue weighted by molar-refractivity contribution is 5.53. The monoisotopic (exact) mass is 199 g/mol. The van der Waals surface area contributed by atoms with Gasteiger partial charge in [0.2, 0.25) is 0 Å². The Balaban J connectivity index is 2.85. The lowest BCUT2D eigenvalue weighted by Gasteiger charge is -1.96. The molecule has 0 saturated carbocycles. The molecule has 0 aromatic carbocycles. The summed E-state index contributed by atoms with van der Waals surface area (Å²) in [6.45, 7) is 1.92. The second-order valence-electron chi connectivity index (χ2n) is 2.42. The Bertz CT molecular complexity index is 493. The molecule has 0 fully saturated rings. The van der Waals surface area contributed by atoms with E-state index in [0.717, 1.165) is 4.80 Å². The molecule has 0 amide bonds. The summed E-state index contributed by atoms with van der Waals surface area (Å²) in [5, 5.41) is 42.7. The third-order valence-electron chi connectivity index (χ3n) is 1.60. The predicted octanol–water partition coefficient (Wildman–Crippen LogP) is -3.25. The van der Waals surface area contributed by atoms with Crippen LogP contribution in [0, 0.1) is 15.6 Å². The van der Waals surface area contributed by atoms with Crippen LogP contribution in [0.25, 0.3) is 11.3 Å². The van der Waals surface area contributed by atoms with Gasteiger partial charge >= 0.3 is 11.3 Å². The lowest BCUT2D eigenvalue weighted by atomic mass is 10.8. The molecule has 2 aromatic rings. The van der Waals surface area contributed by atoms with Crippen LogP contribution >= 0.6 is 0 Å². The number of hydrogen-bond donors (Lipinski definition) is 0. The van der Waals surface area contributed by atoms with Gasteiger partial charge in [0.05, 0.1) is 0 Å². The smallest absolute Gasteiger partial charge is 0.506 e. The van der Waals surface area contributed by atoms with Crippen molar-refractivity contribution in [3.8, 4) is 0 Å². The average molecular weight is 199 g/mol. The molecule has 2 rings (SSSR count). The average Bonchev–Trinajstić information content (AvgIpc) is 2.42. The summed E-state index contributed by atoms with van der Waals surface area (Å²) in [5.74, 6) is 0. The van der Waals surface area contributed by atoms with Crippen LogP contribution in [-0.2, 0) is 6.54 Å². The molecule has 10 nitrogen and oxygen atoms in total. The Morgan fingerprint density at radius 1 is 1.36 bits per heavy atom. The van der Waals surface area contributed by atoms with E-state index in [-0.39, 0.29) is 26.8 Å². The summed E-state index contributed by atoms with van der Waals surface area (Å²) in [7, 11) is 0. The van der Waals surface area contributed by atoms with Gasteiger partial charge in [-0.2, -0.15) is 0 Å². The molecular formula is C4H5N7O3. The molecule has 0 aliphatic rings. The van der Waals surface area contributed by atoms with Crippen molar-refractivity contribution in [2.24, 2.45) is 0 Å². The number of rotatable bonds is 1. The molecule has 0 atom stereocenters. The van der Waals surface area contributed by atoms with E-state index in [4.69, 9.17) is 0 Å². The van der Waals surface area contributed by atoms with Crippen LogP contribution in [0.1, 0.15) is 6.92 Å². The lowest BCUT2D eigenvalue weighted by molar-refractivity contribution is -0.884. The summed E-state index contributed by atoms with van der Waals surface area (Å²) in [6.07, 6.45) is 0. The van der Waals surface area contributed by atoms with E-state index in [9.17, 15) is 15.6 Å². The predicted molar refractivity (Wildman–Crippen MR) is 37.9 cm³/mol. The molecule has 0 aliphatic carbocycles. The van der Waals surface area contributed by atoms with Crippen LogP contribution in [0.3, 0.4) is 0 Å². The minimum absolute atomic E-state index is 0.110. The second-order valence-corrected chi connectivity index (χ2v) is 2.42. The first-order chi connectivity index (χ1) is 6.63. The van der Waals surface area contributed by atoms with Gasteiger partial charge in [-0.3, -0.25) is 0 Å². The van der Waals surface area contributed by atoms with Gasteiger partial charge in [0.1, 0.15) is 21.7 Å². The molecule has 0 saturated heterocycles. The van der Waals surface area contributed by atoms with Crippen LogP contribution in [0.4, 0.5) is 0 Å². The first-order valence-corrected chi connectivity index (χ1v) is 3.72. The maximum atomic E-state index is 11.3. The van der Waals surface area contributed by atoms with E-state index in [1.54, 1.807) is 6.92 Å². The second kappa shape index (κ2) is 2.61. The molecular weight excluding hydrogens is 194 g/mol. The van der Waals surface area contributed by atoms with E-state index >= 15 is 0 Å². The highest BCUT2D eigenvalue weighted by atomic mass is 16.6. The summed E-state index contributed by atoms with van der Waals surface area (Å²) in [5.41, 5.74) is -0.638. The van der Waals surface area contributed by atoms with E-state index in [0.29, 0.717) is 0 Å². The molecule has 0 N–H and O–H groups in total. The van der Waals surface area contributed by atoms with Gasteiger partial charge in [-0.1, -0.05) is 4.85 Å². The van der Waals surface area contributed by atoms with Crippen molar-refractivity contribution in [1.82, 2.24) is 20.2 Å². The highest BCUT2D eigenvalue weighted by Crippen LogP contribution is 1.92. The Morgan fingerprint density at radius 2 is 2.07 bits per heavy atom. The van der Waals surface area contributed by atoms with Crippen LogP contribution in [0.15, 0.2) is 0 Å². The molecule has 14 heavy (non-hydrogen) atoms. The third-order valence-corrected chi connectivity index (χ3v) is 1.60.